The van der Waals surface area contributed by atoms with Gasteiger partial charge < -0.3 is 10.1 Å². The van der Waals surface area contributed by atoms with Crippen LogP contribution >= 0.6 is 15.9 Å². The van der Waals surface area contributed by atoms with Crippen LogP contribution in [0.3, 0.4) is 0 Å². The lowest BCUT2D eigenvalue weighted by Crippen LogP contribution is -2.38. The van der Waals surface area contributed by atoms with Crippen molar-refractivity contribution in [3.8, 4) is 5.75 Å². The fraction of sp³-hybridized carbons (Fsp3) is 0.211. The number of nitrogens with zero attached hydrogens (tertiary/aromatic N) is 2. The highest BCUT2D eigenvalue weighted by molar-refractivity contribution is 9.10. The molecule has 1 aliphatic heterocycles. The topological polar surface area (TPSA) is 71.0 Å². The number of rotatable bonds is 5. The van der Waals surface area contributed by atoms with Gasteiger partial charge in [0.2, 0.25) is 11.8 Å². The molecule has 2 aromatic rings. The minimum Gasteiger partial charge on any atom is -0.497 e. The van der Waals surface area contributed by atoms with Crippen molar-refractivity contribution in [3.05, 3.63) is 58.3 Å². The molecule has 3 rings (SSSR count). The van der Waals surface area contributed by atoms with Gasteiger partial charge in [0.1, 0.15) is 18.1 Å². The molecule has 2 amide bonds. The van der Waals surface area contributed by atoms with Crippen molar-refractivity contribution in [2.75, 3.05) is 19.0 Å². The van der Waals surface area contributed by atoms with E-state index in [1.54, 1.807) is 13.2 Å². The van der Waals surface area contributed by atoms with E-state index in [9.17, 15) is 14.0 Å². The van der Waals surface area contributed by atoms with Crippen LogP contribution in [0.15, 0.2) is 52.0 Å². The first kappa shape index (κ1) is 19.0. The van der Waals surface area contributed by atoms with Crippen LogP contribution in [0.5, 0.6) is 5.75 Å². The number of nitrogens with one attached hydrogen (secondary N) is 1. The Morgan fingerprint density at radius 2 is 2.00 bits per heavy atom. The Kier molecular flexibility index (Phi) is 5.85. The SMILES string of the molecule is COc1ccc(C2=NN(CC(=O)Nc3ccc(Br)cc3F)C(=O)CC2)cc1. The molecule has 8 heteroatoms. The minimum atomic E-state index is -0.565. The molecule has 0 atom stereocenters. The summed E-state index contributed by atoms with van der Waals surface area (Å²) in [7, 11) is 1.58. The van der Waals surface area contributed by atoms with Crippen molar-refractivity contribution >= 4 is 39.1 Å². The van der Waals surface area contributed by atoms with Crippen LogP contribution in [0.4, 0.5) is 10.1 Å². The van der Waals surface area contributed by atoms with E-state index in [1.165, 1.54) is 12.1 Å². The van der Waals surface area contributed by atoms with E-state index in [4.69, 9.17) is 4.74 Å². The van der Waals surface area contributed by atoms with Gasteiger partial charge in [0.25, 0.3) is 0 Å². The third-order valence-corrected chi connectivity index (χ3v) is 4.52. The second-order valence-corrected chi connectivity index (χ2v) is 6.81. The van der Waals surface area contributed by atoms with E-state index in [0.717, 1.165) is 16.3 Å². The molecule has 0 saturated heterocycles. The van der Waals surface area contributed by atoms with Gasteiger partial charge in [-0.1, -0.05) is 15.9 Å². The molecule has 140 valence electrons. The number of carbonyl (C=O) groups excluding carboxylic acids is 2. The molecule has 0 fully saturated rings. The van der Waals surface area contributed by atoms with Crippen molar-refractivity contribution in [3.63, 3.8) is 0 Å². The fourth-order valence-corrected chi connectivity index (χ4v) is 2.96. The van der Waals surface area contributed by atoms with Crippen molar-refractivity contribution in [1.29, 1.82) is 0 Å². The van der Waals surface area contributed by atoms with Crippen LogP contribution < -0.4 is 10.1 Å². The van der Waals surface area contributed by atoms with Crippen LogP contribution in [0.1, 0.15) is 18.4 Å². The second-order valence-electron chi connectivity index (χ2n) is 5.90. The molecule has 27 heavy (non-hydrogen) atoms. The van der Waals surface area contributed by atoms with Gasteiger partial charge in [0, 0.05) is 17.3 Å². The van der Waals surface area contributed by atoms with E-state index in [0.29, 0.717) is 16.6 Å². The first-order chi connectivity index (χ1) is 13.0. The Balaban J connectivity index is 1.71. The first-order valence-corrected chi connectivity index (χ1v) is 9.03. The summed E-state index contributed by atoms with van der Waals surface area (Å²) >= 11 is 3.16. The molecule has 0 bridgehead atoms. The van der Waals surface area contributed by atoms with Gasteiger partial charge in [0.05, 0.1) is 18.5 Å². The number of hydrogen-bond acceptors (Lipinski definition) is 4. The fourth-order valence-electron chi connectivity index (χ4n) is 2.63. The van der Waals surface area contributed by atoms with Crippen molar-refractivity contribution < 1.29 is 18.7 Å². The molecule has 2 aromatic carbocycles. The normalized spacial score (nSPS) is 14.0. The lowest BCUT2D eigenvalue weighted by atomic mass is 10.0. The lowest BCUT2D eigenvalue weighted by Gasteiger charge is -2.23. The molecule has 0 unspecified atom stereocenters. The molecular weight excluding hydrogens is 417 g/mol. The number of amides is 2. The van der Waals surface area contributed by atoms with Crippen molar-refractivity contribution in [2.24, 2.45) is 5.10 Å². The quantitative estimate of drug-likeness (QED) is 0.783. The van der Waals surface area contributed by atoms with Crippen LogP contribution in [-0.4, -0.2) is 36.2 Å². The summed E-state index contributed by atoms with van der Waals surface area (Å²) in [5, 5.41) is 7.88. The van der Waals surface area contributed by atoms with Gasteiger partial charge in [-0.25, -0.2) is 9.40 Å². The number of anilines is 1. The lowest BCUT2D eigenvalue weighted by molar-refractivity contribution is -0.135. The third-order valence-electron chi connectivity index (χ3n) is 4.03. The molecule has 1 heterocycles. The number of hydrogen-bond donors (Lipinski definition) is 1. The van der Waals surface area contributed by atoms with E-state index in [1.807, 2.05) is 24.3 Å². The van der Waals surface area contributed by atoms with E-state index in [-0.39, 0.29) is 24.6 Å². The Labute approximate surface area is 164 Å². The molecule has 0 spiro atoms. The highest BCUT2D eigenvalue weighted by Gasteiger charge is 2.23. The molecule has 0 radical (unpaired) electrons. The third kappa shape index (κ3) is 4.71. The van der Waals surface area contributed by atoms with Crippen LogP contribution in [0.2, 0.25) is 0 Å². The van der Waals surface area contributed by atoms with E-state index < -0.39 is 11.7 Å². The Morgan fingerprint density at radius 3 is 2.67 bits per heavy atom. The zero-order chi connectivity index (χ0) is 19.4. The van der Waals surface area contributed by atoms with E-state index in [2.05, 4.69) is 26.3 Å². The average Bonchev–Trinajstić information content (AvgIpc) is 2.66. The second kappa shape index (κ2) is 8.30. The van der Waals surface area contributed by atoms with Gasteiger partial charge in [-0.05, 0) is 48.0 Å². The summed E-state index contributed by atoms with van der Waals surface area (Å²) in [6.45, 7) is -0.284. The number of ether oxygens (including phenoxy) is 1. The predicted octanol–water partition coefficient (Wildman–Crippen LogP) is 3.56. The summed E-state index contributed by atoms with van der Waals surface area (Å²) in [4.78, 5) is 24.3. The molecular formula is C19H17BrFN3O3. The zero-order valence-corrected chi connectivity index (χ0v) is 16.1. The largest absolute Gasteiger partial charge is 0.497 e. The monoisotopic (exact) mass is 433 g/mol. The highest BCUT2D eigenvalue weighted by Crippen LogP contribution is 2.20. The summed E-state index contributed by atoms with van der Waals surface area (Å²) in [5.41, 5.74) is 1.61. The van der Waals surface area contributed by atoms with Crippen LogP contribution in [-0.2, 0) is 9.59 Å². The molecule has 6 nitrogen and oxygen atoms in total. The molecule has 0 aromatic heterocycles. The average molecular weight is 434 g/mol. The van der Waals surface area contributed by atoms with Gasteiger partial charge in [0.15, 0.2) is 0 Å². The summed E-state index contributed by atoms with van der Waals surface area (Å²) < 4.78 is 19.5. The zero-order valence-electron chi connectivity index (χ0n) is 14.5. The predicted molar refractivity (Wildman–Crippen MR) is 103 cm³/mol. The first-order valence-electron chi connectivity index (χ1n) is 8.23. The van der Waals surface area contributed by atoms with Gasteiger partial charge in [-0.2, -0.15) is 5.10 Å². The summed E-state index contributed by atoms with van der Waals surface area (Å²) in [5.74, 6) is -0.618. The summed E-state index contributed by atoms with van der Waals surface area (Å²) in [6, 6.07) is 11.6. The Morgan fingerprint density at radius 1 is 1.26 bits per heavy atom. The number of methoxy groups -OCH3 is 1. The molecule has 1 N–H and O–H groups in total. The smallest absolute Gasteiger partial charge is 0.246 e. The number of benzene rings is 2. The maximum Gasteiger partial charge on any atom is 0.246 e. The molecule has 0 aliphatic carbocycles. The Hall–Kier alpha value is -2.74. The number of carbonyl (C=O) groups is 2. The minimum absolute atomic E-state index is 0.0482. The molecule has 0 saturated carbocycles. The Bertz CT molecular complexity index is 900. The van der Waals surface area contributed by atoms with Gasteiger partial charge in [-0.15, -0.1) is 0 Å². The molecule has 1 aliphatic rings. The van der Waals surface area contributed by atoms with Crippen molar-refractivity contribution in [1.82, 2.24) is 5.01 Å². The summed E-state index contributed by atoms with van der Waals surface area (Å²) in [6.07, 6.45) is 0.745. The standard InChI is InChI=1S/C19H17BrFN3O3/c1-27-14-5-2-12(3-6-14)16-8-9-19(26)24(23-16)11-18(25)22-17-7-4-13(20)10-15(17)21/h2-7,10H,8-9,11H2,1H3,(H,22,25). The maximum absolute atomic E-state index is 13.8. The van der Waals surface area contributed by atoms with Gasteiger partial charge >= 0.3 is 0 Å². The highest BCUT2D eigenvalue weighted by atomic mass is 79.9. The maximum atomic E-state index is 13.8. The van der Waals surface area contributed by atoms with Crippen LogP contribution in [0.25, 0.3) is 0 Å². The van der Waals surface area contributed by atoms with E-state index >= 15 is 0 Å². The van der Waals surface area contributed by atoms with Crippen molar-refractivity contribution in [2.45, 2.75) is 12.8 Å². The number of hydrazone groups is 1. The number of halogens is 2. The van der Waals surface area contributed by atoms with Crippen LogP contribution in [0, 0.1) is 5.82 Å². The van der Waals surface area contributed by atoms with Gasteiger partial charge in [-0.3, -0.25) is 9.59 Å².